The number of carbonyl (C=O) groups excluding carboxylic acids is 1. The molecule has 4 heteroatoms. The number of thiophene rings is 1. The zero-order valence-electron chi connectivity index (χ0n) is 8.20. The van der Waals surface area contributed by atoms with Crippen molar-refractivity contribution in [3.8, 4) is 0 Å². The van der Waals surface area contributed by atoms with E-state index in [1.54, 1.807) is 6.92 Å². The van der Waals surface area contributed by atoms with E-state index >= 15 is 0 Å². The lowest BCUT2D eigenvalue weighted by molar-refractivity contribution is -0.146. The van der Waals surface area contributed by atoms with Crippen LogP contribution in [0, 0.1) is 0 Å². The van der Waals surface area contributed by atoms with E-state index in [1.807, 2.05) is 19.1 Å². The lowest BCUT2D eigenvalue weighted by Crippen LogP contribution is -2.20. The fourth-order valence-corrected chi connectivity index (χ4v) is 2.38. The van der Waals surface area contributed by atoms with Gasteiger partial charge in [0, 0.05) is 0 Å². The molecule has 0 bridgehead atoms. The second-order valence-corrected chi connectivity index (χ2v) is 4.45. The normalized spacial score (nSPS) is 19.9. The average molecular weight is 212 g/mol. The van der Waals surface area contributed by atoms with E-state index in [1.165, 1.54) is 11.3 Å². The molecule has 0 aromatic carbocycles. The van der Waals surface area contributed by atoms with Gasteiger partial charge in [-0.05, 0) is 26.0 Å². The Hall–Kier alpha value is -0.710. The van der Waals surface area contributed by atoms with Crippen molar-refractivity contribution in [1.82, 2.24) is 0 Å². The Labute approximate surface area is 86.6 Å². The summed E-state index contributed by atoms with van der Waals surface area (Å²) < 4.78 is 11.0. The van der Waals surface area contributed by atoms with E-state index in [0.717, 1.165) is 9.75 Å². The molecule has 0 spiro atoms. The smallest absolute Gasteiger partial charge is 0.201 e. The number of ketones is 1. The minimum Gasteiger partial charge on any atom is -0.343 e. The van der Waals surface area contributed by atoms with E-state index in [4.69, 9.17) is 9.47 Å². The summed E-state index contributed by atoms with van der Waals surface area (Å²) in [6, 6.07) is 3.71. The minimum absolute atomic E-state index is 0.0860. The van der Waals surface area contributed by atoms with Crippen molar-refractivity contribution in [3.63, 3.8) is 0 Å². The number of hydrogen-bond acceptors (Lipinski definition) is 4. The summed E-state index contributed by atoms with van der Waals surface area (Å²) >= 11 is 1.44. The molecule has 1 aromatic rings. The Morgan fingerprint density at radius 3 is 2.57 bits per heavy atom. The number of carbonyl (C=O) groups is 1. The van der Waals surface area contributed by atoms with Gasteiger partial charge >= 0.3 is 0 Å². The molecule has 0 atom stereocenters. The molecular weight excluding hydrogens is 200 g/mol. The highest BCUT2D eigenvalue weighted by Gasteiger charge is 2.34. The SMILES string of the molecule is CC(=O)c1ccc(C2(C)OCCO2)s1. The summed E-state index contributed by atoms with van der Waals surface area (Å²) in [5.41, 5.74) is 0. The maximum Gasteiger partial charge on any atom is 0.201 e. The van der Waals surface area contributed by atoms with Crippen LogP contribution in [0.25, 0.3) is 0 Å². The largest absolute Gasteiger partial charge is 0.343 e. The molecule has 1 aliphatic rings. The molecule has 0 N–H and O–H groups in total. The van der Waals surface area contributed by atoms with Crippen LogP contribution in [0.1, 0.15) is 28.4 Å². The van der Waals surface area contributed by atoms with Crippen LogP contribution in [0.4, 0.5) is 0 Å². The molecule has 0 radical (unpaired) electrons. The summed E-state index contributed by atoms with van der Waals surface area (Å²) in [5, 5.41) is 0. The summed E-state index contributed by atoms with van der Waals surface area (Å²) in [7, 11) is 0. The fraction of sp³-hybridized carbons (Fsp3) is 0.500. The van der Waals surface area contributed by atoms with Crippen molar-refractivity contribution in [2.45, 2.75) is 19.6 Å². The van der Waals surface area contributed by atoms with Gasteiger partial charge in [0.2, 0.25) is 5.79 Å². The van der Waals surface area contributed by atoms with Crippen molar-refractivity contribution in [3.05, 3.63) is 21.9 Å². The van der Waals surface area contributed by atoms with Gasteiger partial charge in [-0.15, -0.1) is 11.3 Å². The van der Waals surface area contributed by atoms with Crippen molar-refractivity contribution in [2.75, 3.05) is 13.2 Å². The maximum absolute atomic E-state index is 11.1. The summed E-state index contributed by atoms with van der Waals surface area (Å²) in [6.45, 7) is 4.68. The summed E-state index contributed by atoms with van der Waals surface area (Å²) in [6.07, 6.45) is 0. The predicted octanol–water partition coefficient (Wildman–Crippen LogP) is 2.17. The van der Waals surface area contributed by atoms with E-state index in [-0.39, 0.29) is 5.78 Å². The first-order valence-corrected chi connectivity index (χ1v) is 5.33. The van der Waals surface area contributed by atoms with Crippen LogP contribution in [0.3, 0.4) is 0 Å². The molecule has 1 saturated heterocycles. The fourth-order valence-electron chi connectivity index (χ4n) is 1.43. The van der Waals surface area contributed by atoms with Crippen molar-refractivity contribution >= 4 is 17.1 Å². The molecule has 14 heavy (non-hydrogen) atoms. The van der Waals surface area contributed by atoms with Crippen LogP contribution in [-0.4, -0.2) is 19.0 Å². The van der Waals surface area contributed by atoms with Crippen LogP contribution in [-0.2, 0) is 15.3 Å². The highest BCUT2D eigenvalue weighted by Crippen LogP contribution is 2.35. The minimum atomic E-state index is -0.641. The van der Waals surface area contributed by atoms with Crippen molar-refractivity contribution in [1.29, 1.82) is 0 Å². The van der Waals surface area contributed by atoms with E-state index < -0.39 is 5.79 Å². The molecule has 2 heterocycles. The Bertz CT molecular complexity index is 350. The standard InChI is InChI=1S/C10H12O3S/c1-7(11)8-3-4-9(14-8)10(2)12-5-6-13-10/h3-4H,5-6H2,1-2H3. The van der Waals surface area contributed by atoms with Gasteiger partial charge in [-0.2, -0.15) is 0 Å². The summed E-state index contributed by atoms with van der Waals surface area (Å²) in [5.74, 6) is -0.555. The molecule has 1 aliphatic heterocycles. The van der Waals surface area contributed by atoms with Crippen molar-refractivity contribution in [2.24, 2.45) is 0 Å². The first kappa shape index (κ1) is 9.83. The third-order valence-electron chi connectivity index (χ3n) is 2.24. The molecule has 1 fully saturated rings. The molecule has 2 rings (SSSR count). The third-order valence-corrected chi connectivity index (χ3v) is 3.61. The second-order valence-electron chi connectivity index (χ2n) is 3.36. The number of hydrogen-bond donors (Lipinski definition) is 0. The van der Waals surface area contributed by atoms with Crippen LogP contribution in [0.5, 0.6) is 0 Å². The van der Waals surface area contributed by atoms with Gasteiger partial charge in [0.25, 0.3) is 0 Å². The van der Waals surface area contributed by atoms with Gasteiger partial charge in [0.1, 0.15) is 0 Å². The van der Waals surface area contributed by atoms with Crippen LogP contribution in [0.2, 0.25) is 0 Å². The van der Waals surface area contributed by atoms with Gasteiger partial charge in [0.15, 0.2) is 5.78 Å². The van der Waals surface area contributed by atoms with Crippen LogP contribution in [0.15, 0.2) is 12.1 Å². The molecule has 0 saturated carbocycles. The van der Waals surface area contributed by atoms with Gasteiger partial charge in [0.05, 0.1) is 23.0 Å². The highest BCUT2D eigenvalue weighted by molar-refractivity contribution is 7.14. The quantitative estimate of drug-likeness (QED) is 0.705. The lowest BCUT2D eigenvalue weighted by Gasteiger charge is -2.20. The van der Waals surface area contributed by atoms with E-state index in [2.05, 4.69) is 0 Å². The predicted molar refractivity (Wildman–Crippen MR) is 53.6 cm³/mol. The van der Waals surface area contributed by atoms with E-state index in [0.29, 0.717) is 13.2 Å². The lowest BCUT2D eigenvalue weighted by atomic mass is 10.2. The molecule has 0 aliphatic carbocycles. The average Bonchev–Trinajstić information content (AvgIpc) is 2.71. The second kappa shape index (κ2) is 3.46. The maximum atomic E-state index is 11.1. The highest BCUT2D eigenvalue weighted by atomic mass is 32.1. The molecule has 1 aromatic heterocycles. The monoisotopic (exact) mass is 212 g/mol. The molecule has 76 valence electrons. The van der Waals surface area contributed by atoms with Crippen LogP contribution < -0.4 is 0 Å². The van der Waals surface area contributed by atoms with Gasteiger partial charge in [-0.3, -0.25) is 4.79 Å². The Morgan fingerprint density at radius 1 is 1.43 bits per heavy atom. The van der Waals surface area contributed by atoms with Crippen molar-refractivity contribution < 1.29 is 14.3 Å². The van der Waals surface area contributed by atoms with Crippen LogP contribution >= 0.6 is 11.3 Å². The Kier molecular flexibility index (Phi) is 2.43. The topological polar surface area (TPSA) is 35.5 Å². The van der Waals surface area contributed by atoms with Gasteiger partial charge in [-0.1, -0.05) is 0 Å². The van der Waals surface area contributed by atoms with Gasteiger partial charge in [-0.25, -0.2) is 0 Å². The zero-order chi connectivity index (χ0) is 10.2. The first-order chi connectivity index (χ1) is 6.62. The number of ether oxygens (including phenoxy) is 2. The molecule has 0 amide bonds. The van der Waals surface area contributed by atoms with Gasteiger partial charge < -0.3 is 9.47 Å². The van der Waals surface area contributed by atoms with E-state index in [9.17, 15) is 4.79 Å². The number of Topliss-reactive ketones (excluding diaryl/α,β-unsaturated/α-hetero) is 1. The molecule has 0 unspecified atom stereocenters. The third kappa shape index (κ3) is 1.61. The first-order valence-electron chi connectivity index (χ1n) is 4.51. The summed E-state index contributed by atoms with van der Waals surface area (Å²) in [4.78, 5) is 12.8. The molecule has 3 nitrogen and oxygen atoms in total. The number of rotatable bonds is 2. The Balaban J connectivity index is 2.28. The zero-order valence-corrected chi connectivity index (χ0v) is 9.02. The Morgan fingerprint density at radius 2 is 2.07 bits per heavy atom. The molecular formula is C10H12O3S.